The van der Waals surface area contributed by atoms with Crippen LogP contribution in [0.5, 0.6) is 0 Å². The van der Waals surface area contributed by atoms with Gasteiger partial charge in [0.15, 0.2) is 0 Å². The van der Waals surface area contributed by atoms with Crippen LogP contribution in [-0.4, -0.2) is 39.7 Å². The van der Waals surface area contributed by atoms with Gasteiger partial charge >= 0.3 is 0 Å². The van der Waals surface area contributed by atoms with Gasteiger partial charge in [0.2, 0.25) is 5.91 Å². The van der Waals surface area contributed by atoms with E-state index in [1.165, 1.54) is 23.6 Å². The Labute approximate surface area is 123 Å². The summed E-state index contributed by atoms with van der Waals surface area (Å²) in [6.45, 7) is 5.01. The van der Waals surface area contributed by atoms with Crippen LogP contribution in [0, 0.1) is 25.7 Å². The summed E-state index contributed by atoms with van der Waals surface area (Å²) in [6, 6.07) is 1.60. The maximum atomic E-state index is 12.4. The van der Waals surface area contributed by atoms with Gasteiger partial charge in [0, 0.05) is 25.2 Å². The van der Waals surface area contributed by atoms with E-state index >= 15 is 0 Å². The molecule has 3 rings (SSSR count). The number of nitrogens with two attached hydrogens (primary N) is 1. The third kappa shape index (κ3) is 2.85. The Hall–Kier alpha value is -1.69. The Morgan fingerprint density at radius 1 is 1.38 bits per heavy atom. The topological polar surface area (TPSA) is 81.2 Å². The van der Waals surface area contributed by atoms with Crippen molar-refractivity contribution < 1.29 is 4.79 Å². The summed E-state index contributed by atoms with van der Waals surface area (Å²) < 4.78 is 1.25. The molecule has 1 aliphatic heterocycles. The van der Waals surface area contributed by atoms with Gasteiger partial charge in [0.1, 0.15) is 6.54 Å². The molecule has 0 bridgehead atoms. The van der Waals surface area contributed by atoms with E-state index < -0.39 is 0 Å². The van der Waals surface area contributed by atoms with E-state index in [9.17, 15) is 9.59 Å². The Morgan fingerprint density at radius 2 is 2.10 bits per heavy atom. The molecule has 0 radical (unpaired) electrons. The van der Waals surface area contributed by atoms with Crippen molar-refractivity contribution in [3.05, 3.63) is 27.7 Å². The fraction of sp³-hybridized carbons (Fsp3) is 0.667. The molecule has 1 aromatic rings. The number of amides is 1. The fourth-order valence-electron chi connectivity index (χ4n) is 3.10. The van der Waals surface area contributed by atoms with Crippen molar-refractivity contribution in [2.24, 2.45) is 17.6 Å². The molecule has 2 aliphatic rings. The van der Waals surface area contributed by atoms with Crippen LogP contribution in [0.4, 0.5) is 0 Å². The Morgan fingerprint density at radius 3 is 2.76 bits per heavy atom. The van der Waals surface area contributed by atoms with Crippen molar-refractivity contribution in [1.29, 1.82) is 0 Å². The molecule has 6 nitrogen and oxygen atoms in total. The lowest BCUT2D eigenvalue weighted by Crippen LogP contribution is -2.37. The number of nitrogens with zero attached hydrogens (tertiary/aromatic N) is 3. The van der Waals surface area contributed by atoms with Crippen molar-refractivity contribution in [2.75, 3.05) is 13.1 Å². The smallest absolute Gasteiger partial charge is 0.267 e. The molecule has 1 aliphatic carbocycles. The number of carbonyl (C=O) groups is 1. The van der Waals surface area contributed by atoms with Gasteiger partial charge in [-0.1, -0.05) is 0 Å². The van der Waals surface area contributed by atoms with Gasteiger partial charge in [0.05, 0.1) is 5.69 Å². The second-order valence-corrected chi connectivity index (χ2v) is 6.37. The molecule has 6 heteroatoms. The van der Waals surface area contributed by atoms with E-state index in [4.69, 9.17) is 5.73 Å². The summed E-state index contributed by atoms with van der Waals surface area (Å²) in [5, 5.41) is 4.19. The van der Waals surface area contributed by atoms with Crippen LogP contribution >= 0.6 is 0 Å². The number of likely N-dealkylation sites (tertiary alicyclic amines) is 1. The predicted molar refractivity (Wildman–Crippen MR) is 78.7 cm³/mol. The van der Waals surface area contributed by atoms with Crippen molar-refractivity contribution in [2.45, 2.75) is 39.3 Å². The number of hydrogen-bond acceptors (Lipinski definition) is 4. The minimum atomic E-state index is -0.228. The van der Waals surface area contributed by atoms with Crippen LogP contribution in [-0.2, 0) is 11.3 Å². The van der Waals surface area contributed by atoms with Crippen LogP contribution < -0.4 is 11.3 Å². The summed E-state index contributed by atoms with van der Waals surface area (Å²) in [5.41, 5.74) is 7.53. The van der Waals surface area contributed by atoms with Crippen LogP contribution in [0.25, 0.3) is 0 Å². The second kappa shape index (κ2) is 5.26. The molecule has 2 atom stereocenters. The Balaban J connectivity index is 1.69. The third-order valence-electron chi connectivity index (χ3n) is 4.71. The van der Waals surface area contributed by atoms with Crippen LogP contribution in [0.1, 0.15) is 24.1 Å². The molecule has 21 heavy (non-hydrogen) atoms. The highest BCUT2D eigenvalue weighted by Gasteiger charge is 2.42. The van der Waals surface area contributed by atoms with E-state index in [1.54, 1.807) is 4.90 Å². The first kappa shape index (κ1) is 14.3. The van der Waals surface area contributed by atoms with Crippen molar-refractivity contribution in [3.63, 3.8) is 0 Å². The maximum Gasteiger partial charge on any atom is 0.267 e. The zero-order valence-corrected chi connectivity index (χ0v) is 12.6. The minimum Gasteiger partial charge on any atom is -0.339 e. The Kier molecular flexibility index (Phi) is 3.57. The molecule has 2 N–H and O–H groups in total. The maximum absolute atomic E-state index is 12.4. The lowest BCUT2D eigenvalue weighted by molar-refractivity contribution is -0.131. The highest BCUT2D eigenvalue weighted by molar-refractivity contribution is 5.76. The van der Waals surface area contributed by atoms with Gasteiger partial charge in [-0.25, -0.2) is 4.68 Å². The van der Waals surface area contributed by atoms with Gasteiger partial charge in [0.25, 0.3) is 5.56 Å². The summed E-state index contributed by atoms with van der Waals surface area (Å²) in [4.78, 5) is 26.1. The van der Waals surface area contributed by atoms with Gasteiger partial charge < -0.3 is 10.6 Å². The predicted octanol–water partition coefficient (Wildman–Crippen LogP) is 0.0558. The average Bonchev–Trinajstić information content (AvgIpc) is 3.19. The number of rotatable bonds is 3. The zero-order valence-electron chi connectivity index (χ0n) is 12.6. The van der Waals surface area contributed by atoms with E-state index in [-0.39, 0.29) is 24.1 Å². The molecule has 0 aromatic carbocycles. The van der Waals surface area contributed by atoms with Crippen molar-refractivity contribution in [1.82, 2.24) is 14.7 Å². The van der Waals surface area contributed by atoms with Gasteiger partial charge in [-0.15, -0.1) is 0 Å². The number of hydrogen-bond donors (Lipinski definition) is 1. The summed E-state index contributed by atoms with van der Waals surface area (Å²) >= 11 is 0. The average molecular weight is 290 g/mol. The third-order valence-corrected chi connectivity index (χ3v) is 4.71. The summed E-state index contributed by atoms with van der Waals surface area (Å²) in [7, 11) is 0. The first-order valence-corrected chi connectivity index (χ1v) is 7.54. The Bertz CT molecular complexity index is 621. The highest BCUT2D eigenvalue weighted by Crippen LogP contribution is 2.40. The van der Waals surface area contributed by atoms with Crippen molar-refractivity contribution in [3.8, 4) is 0 Å². The molecular weight excluding hydrogens is 268 g/mol. The lowest BCUT2D eigenvalue weighted by atomic mass is 9.99. The van der Waals surface area contributed by atoms with Gasteiger partial charge in [-0.05, 0) is 44.1 Å². The summed E-state index contributed by atoms with van der Waals surface area (Å²) in [6.07, 6.45) is 2.47. The number of aromatic nitrogens is 2. The van der Waals surface area contributed by atoms with Crippen molar-refractivity contribution >= 4 is 5.91 Å². The van der Waals surface area contributed by atoms with Gasteiger partial charge in [-0.2, -0.15) is 5.10 Å². The number of carbonyl (C=O) groups excluding carboxylic acids is 1. The molecule has 2 heterocycles. The first-order valence-electron chi connectivity index (χ1n) is 7.54. The standard InChI is InChI=1S/C15H22N4O2/c1-9-5-14(20)19(17-10(9)2)8-15(21)18-6-12(11-3-4-11)13(16)7-18/h5,11-13H,3-4,6-8,16H2,1-2H3/t12-,13+/m0/s1. The molecule has 2 fully saturated rings. The monoisotopic (exact) mass is 290 g/mol. The SMILES string of the molecule is Cc1cc(=O)n(CC(=O)N2C[C@@H](N)[C@H](C3CC3)C2)nc1C. The van der Waals surface area contributed by atoms with E-state index in [0.29, 0.717) is 18.4 Å². The lowest BCUT2D eigenvalue weighted by Gasteiger charge is -2.17. The van der Waals surface area contributed by atoms with Gasteiger partial charge in [-0.3, -0.25) is 9.59 Å². The largest absolute Gasteiger partial charge is 0.339 e. The van der Waals surface area contributed by atoms with Crippen LogP contribution in [0.15, 0.2) is 10.9 Å². The quantitative estimate of drug-likeness (QED) is 0.853. The fourth-order valence-corrected chi connectivity index (χ4v) is 3.10. The second-order valence-electron chi connectivity index (χ2n) is 6.37. The normalized spacial score (nSPS) is 25.4. The zero-order chi connectivity index (χ0) is 15.1. The van der Waals surface area contributed by atoms with Crippen LogP contribution in [0.2, 0.25) is 0 Å². The molecule has 1 saturated carbocycles. The molecular formula is C15H22N4O2. The summed E-state index contributed by atoms with van der Waals surface area (Å²) in [5.74, 6) is 1.06. The molecule has 114 valence electrons. The van der Waals surface area contributed by atoms with E-state index in [2.05, 4.69) is 5.10 Å². The molecule has 1 saturated heterocycles. The molecule has 1 amide bonds. The van der Waals surface area contributed by atoms with E-state index in [1.807, 2.05) is 13.8 Å². The van der Waals surface area contributed by atoms with Crippen LogP contribution in [0.3, 0.4) is 0 Å². The highest BCUT2D eigenvalue weighted by atomic mass is 16.2. The molecule has 0 unspecified atom stereocenters. The molecule has 0 spiro atoms. The molecule has 1 aromatic heterocycles. The number of aryl methyl sites for hydroxylation is 2. The first-order chi connectivity index (χ1) is 9.95. The van der Waals surface area contributed by atoms with E-state index in [0.717, 1.165) is 17.8 Å². The minimum absolute atomic E-state index is 0.00403.